The van der Waals surface area contributed by atoms with Crippen LogP contribution in [-0.4, -0.2) is 80.2 Å². The lowest BCUT2D eigenvalue weighted by Crippen LogP contribution is -2.55. The number of ether oxygens (including phenoxy) is 1. The quantitative estimate of drug-likeness (QED) is 0.409. The first-order valence-electron chi connectivity index (χ1n) is 12.4. The Morgan fingerprint density at radius 1 is 1.23 bits per heavy atom. The van der Waals surface area contributed by atoms with Crippen LogP contribution in [-0.2, 0) is 25.8 Å². The normalized spacial score (nSPS) is 29.1. The molecule has 11 nitrogen and oxygen atoms in total. The molecule has 11 heteroatoms. The highest BCUT2D eigenvalue weighted by molar-refractivity contribution is 5.98. The summed E-state index contributed by atoms with van der Waals surface area (Å²) in [4.78, 5) is 41.9. The van der Waals surface area contributed by atoms with Gasteiger partial charge in [0.25, 0.3) is 0 Å². The number of rotatable bonds is 10. The number of nitrogens with one attached hydrogen (secondary N) is 2. The van der Waals surface area contributed by atoms with Crippen LogP contribution in [0.15, 0.2) is 24.3 Å². The molecule has 2 aromatic rings. The minimum atomic E-state index is -1.02. The first-order chi connectivity index (χ1) is 17.0. The molecule has 0 aliphatic carbocycles. The standard InChI is InChI=1S/C24H32N6O5/c1-2-11-25-21(32)18-17-9-10-24(35-17)19(18)23(34)29(12-5-6-13-31)20(24)22(33)26-14-30-16-8-4-3-7-15(16)27-28-30/h3-4,7-8,17-20,31H,2,5-6,9-14H2,1H3,(H,25,32)(H,26,33)/t17-,18+,19-,20?,24?/m0/s1. The number of unbranched alkanes of at least 4 members (excludes halogenated alkanes) is 1. The first-order valence-corrected chi connectivity index (χ1v) is 12.4. The molecule has 0 radical (unpaired) electrons. The molecular weight excluding hydrogens is 452 g/mol. The highest BCUT2D eigenvalue weighted by Gasteiger charge is 2.74. The van der Waals surface area contributed by atoms with Gasteiger partial charge in [-0.3, -0.25) is 14.4 Å². The summed E-state index contributed by atoms with van der Waals surface area (Å²) in [5, 5.41) is 23.3. The lowest BCUT2D eigenvalue weighted by atomic mass is 9.70. The molecule has 1 aromatic heterocycles. The van der Waals surface area contributed by atoms with Crippen molar-refractivity contribution < 1.29 is 24.2 Å². The second-order valence-corrected chi connectivity index (χ2v) is 9.59. The molecule has 2 bridgehead atoms. The fourth-order valence-corrected chi connectivity index (χ4v) is 6.04. The zero-order valence-electron chi connectivity index (χ0n) is 19.9. The van der Waals surface area contributed by atoms with E-state index in [1.54, 1.807) is 9.58 Å². The molecule has 1 aromatic carbocycles. The summed E-state index contributed by atoms with van der Waals surface area (Å²) in [6.45, 7) is 2.93. The van der Waals surface area contributed by atoms with Crippen LogP contribution in [0.5, 0.6) is 0 Å². The van der Waals surface area contributed by atoms with E-state index >= 15 is 0 Å². The minimum absolute atomic E-state index is 0.00740. The fourth-order valence-electron chi connectivity index (χ4n) is 6.04. The van der Waals surface area contributed by atoms with Crippen LogP contribution < -0.4 is 10.6 Å². The van der Waals surface area contributed by atoms with Crippen molar-refractivity contribution in [2.75, 3.05) is 19.7 Å². The van der Waals surface area contributed by atoms with E-state index in [1.165, 1.54) is 0 Å². The van der Waals surface area contributed by atoms with Crippen molar-refractivity contribution >= 4 is 28.8 Å². The number of nitrogens with zero attached hydrogens (tertiary/aromatic N) is 4. The maximum atomic E-state index is 13.7. The van der Waals surface area contributed by atoms with Crippen LogP contribution in [0.25, 0.3) is 11.0 Å². The van der Waals surface area contributed by atoms with Gasteiger partial charge >= 0.3 is 0 Å². The van der Waals surface area contributed by atoms with E-state index in [0.717, 1.165) is 17.5 Å². The summed E-state index contributed by atoms with van der Waals surface area (Å²) in [5.74, 6) is -2.01. The Morgan fingerprint density at radius 3 is 2.86 bits per heavy atom. The third-order valence-corrected chi connectivity index (χ3v) is 7.53. The number of carbonyl (C=O) groups is 3. The summed E-state index contributed by atoms with van der Waals surface area (Å²) >= 11 is 0. The van der Waals surface area contributed by atoms with Crippen LogP contribution in [0.4, 0.5) is 0 Å². The molecule has 5 atom stereocenters. The van der Waals surface area contributed by atoms with Crippen LogP contribution in [0.3, 0.4) is 0 Å². The molecule has 4 heterocycles. The Bertz CT molecular complexity index is 1120. The van der Waals surface area contributed by atoms with Gasteiger partial charge < -0.3 is 25.4 Å². The summed E-state index contributed by atoms with van der Waals surface area (Å²) in [6.07, 6.45) is 2.68. The summed E-state index contributed by atoms with van der Waals surface area (Å²) < 4.78 is 7.98. The highest BCUT2D eigenvalue weighted by atomic mass is 16.5. The third-order valence-electron chi connectivity index (χ3n) is 7.53. The van der Waals surface area contributed by atoms with E-state index in [-0.39, 0.29) is 37.1 Å². The first kappa shape index (κ1) is 23.7. The van der Waals surface area contributed by atoms with Crippen molar-refractivity contribution in [2.24, 2.45) is 11.8 Å². The van der Waals surface area contributed by atoms with E-state index in [1.807, 2.05) is 31.2 Å². The van der Waals surface area contributed by atoms with Gasteiger partial charge in [0, 0.05) is 19.7 Å². The largest absolute Gasteiger partial charge is 0.396 e. The molecule has 35 heavy (non-hydrogen) atoms. The van der Waals surface area contributed by atoms with Gasteiger partial charge in [-0.2, -0.15) is 0 Å². The molecule has 3 amide bonds. The molecule has 188 valence electrons. The molecule has 5 rings (SSSR count). The van der Waals surface area contributed by atoms with Crippen molar-refractivity contribution in [3.63, 3.8) is 0 Å². The van der Waals surface area contributed by atoms with E-state index in [9.17, 15) is 19.5 Å². The number of para-hydroxylation sites is 1. The van der Waals surface area contributed by atoms with Gasteiger partial charge in [-0.1, -0.05) is 24.3 Å². The zero-order chi connectivity index (χ0) is 24.6. The average Bonchev–Trinajstić information content (AvgIpc) is 3.61. The smallest absolute Gasteiger partial charge is 0.247 e. The van der Waals surface area contributed by atoms with Crippen LogP contribution >= 0.6 is 0 Å². The fraction of sp³-hybridized carbons (Fsp3) is 0.625. The lowest BCUT2D eigenvalue weighted by Gasteiger charge is -2.33. The Hall–Kier alpha value is -3.05. The summed E-state index contributed by atoms with van der Waals surface area (Å²) in [5.41, 5.74) is 0.488. The number of fused-ring (bicyclic) bond motifs is 2. The van der Waals surface area contributed by atoms with Crippen molar-refractivity contribution in [1.82, 2.24) is 30.5 Å². The highest BCUT2D eigenvalue weighted by Crippen LogP contribution is 2.58. The van der Waals surface area contributed by atoms with Gasteiger partial charge in [-0.15, -0.1) is 5.10 Å². The second kappa shape index (κ2) is 9.54. The SMILES string of the molecule is CCCNC(=O)[C@@H]1[C@@H]2CCC3(O2)C(C(=O)NCn2nnc4ccccc42)N(CCCCO)C(=O)[C@H]13. The Labute approximate surface area is 203 Å². The zero-order valence-corrected chi connectivity index (χ0v) is 19.9. The molecule has 2 unspecified atom stereocenters. The average molecular weight is 485 g/mol. The molecule has 3 aliphatic heterocycles. The Morgan fingerprint density at radius 2 is 2.06 bits per heavy atom. The predicted octanol–water partition coefficient (Wildman–Crippen LogP) is 0.178. The van der Waals surface area contributed by atoms with Crippen LogP contribution in [0, 0.1) is 11.8 Å². The molecule has 3 saturated heterocycles. The Kier molecular flexibility index (Phi) is 6.45. The summed E-state index contributed by atoms with van der Waals surface area (Å²) in [7, 11) is 0. The number of benzene rings is 1. The topological polar surface area (TPSA) is 139 Å². The lowest BCUT2D eigenvalue weighted by molar-refractivity contribution is -0.142. The number of hydrogen-bond donors (Lipinski definition) is 3. The minimum Gasteiger partial charge on any atom is -0.396 e. The molecular formula is C24H32N6O5. The van der Waals surface area contributed by atoms with Gasteiger partial charge in [0.05, 0.1) is 23.5 Å². The summed E-state index contributed by atoms with van der Waals surface area (Å²) in [6, 6.07) is 6.62. The number of aliphatic hydroxyl groups excluding tert-OH is 1. The Balaban J connectivity index is 1.40. The molecule has 1 spiro atoms. The number of amides is 3. The number of aliphatic hydroxyl groups is 1. The van der Waals surface area contributed by atoms with Gasteiger partial charge in [-0.05, 0) is 44.2 Å². The van der Waals surface area contributed by atoms with Crippen molar-refractivity contribution in [3.8, 4) is 0 Å². The molecule has 0 saturated carbocycles. The van der Waals surface area contributed by atoms with E-state index in [0.29, 0.717) is 38.8 Å². The number of likely N-dealkylation sites (tertiary alicyclic amines) is 1. The van der Waals surface area contributed by atoms with Crippen molar-refractivity contribution in [2.45, 2.75) is 63.4 Å². The number of carbonyl (C=O) groups excluding carboxylic acids is 3. The molecule has 3 fully saturated rings. The van der Waals surface area contributed by atoms with Crippen LogP contribution in [0.2, 0.25) is 0 Å². The van der Waals surface area contributed by atoms with Gasteiger partial charge in [0.2, 0.25) is 17.7 Å². The predicted molar refractivity (Wildman–Crippen MR) is 125 cm³/mol. The van der Waals surface area contributed by atoms with Crippen LogP contribution in [0.1, 0.15) is 39.0 Å². The molecule has 3 aliphatic rings. The number of hydrogen-bond acceptors (Lipinski definition) is 7. The third kappa shape index (κ3) is 3.86. The van der Waals surface area contributed by atoms with E-state index < -0.39 is 23.5 Å². The number of aromatic nitrogens is 3. The maximum Gasteiger partial charge on any atom is 0.247 e. The van der Waals surface area contributed by atoms with E-state index in [2.05, 4.69) is 20.9 Å². The van der Waals surface area contributed by atoms with Gasteiger partial charge in [0.1, 0.15) is 23.8 Å². The maximum absolute atomic E-state index is 13.7. The van der Waals surface area contributed by atoms with E-state index in [4.69, 9.17) is 4.74 Å². The van der Waals surface area contributed by atoms with Gasteiger partial charge in [-0.25, -0.2) is 4.68 Å². The van der Waals surface area contributed by atoms with Crippen molar-refractivity contribution in [1.29, 1.82) is 0 Å². The monoisotopic (exact) mass is 484 g/mol. The molecule has 3 N–H and O–H groups in total. The van der Waals surface area contributed by atoms with Crippen molar-refractivity contribution in [3.05, 3.63) is 24.3 Å². The second-order valence-electron chi connectivity index (χ2n) is 9.59. The van der Waals surface area contributed by atoms with Gasteiger partial charge in [0.15, 0.2) is 0 Å².